The van der Waals surface area contributed by atoms with E-state index in [1.165, 1.54) is 104 Å². The van der Waals surface area contributed by atoms with E-state index in [9.17, 15) is 56.8 Å². The number of ether oxygens (including phenoxy) is 1. The maximum atomic E-state index is 14.2. The first-order valence-electron chi connectivity index (χ1n) is 23.0. The summed E-state index contributed by atoms with van der Waals surface area (Å²) in [5.41, 5.74) is 1.20. The number of hydrogen-bond donors (Lipinski definition) is 3. The fourth-order valence-corrected chi connectivity index (χ4v) is 13.2. The van der Waals surface area contributed by atoms with E-state index in [2.05, 4.69) is 14.9 Å². The minimum absolute atomic E-state index is 0.0142. The molecule has 0 saturated carbocycles. The van der Waals surface area contributed by atoms with Crippen LogP contribution in [0.25, 0.3) is 47.2 Å². The largest absolute Gasteiger partial charge is 0.501 e. The number of benzene rings is 9. The third-order valence-electron chi connectivity index (χ3n) is 13.4. The number of aryl methyl sites for hydroxylation is 4. The zero-order valence-corrected chi connectivity index (χ0v) is 44.0. The van der Waals surface area contributed by atoms with Crippen molar-refractivity contribution in [2.45, 2.75) is 54.7 Å². The molecule has 0 aliphatic heterocycles. The smallest absolute Gasteiger partial charge is 0.426 e. The van der Waals surface area contributed by atoms with Crippen LogP contribution < -0.4 is 17.3 Å². The zero-order chi connectivity index (χ0) is 55.5. The molecule has 0 aliphatic carbocycles. The number of rotatable bonds is 13. The van der Waals surface area contributed by atoms with E-state index >= 15 is 0 Å². The van der Waals surface area contributed by atoms with Crippen molar-refractivity contribution in [2.24, 2.45) is 0 Å². The first-order valence-corrected chi connectivity index (χ1v) is 27.3. The fourth-order valence-electron chi connectivity index (χ4n) is 9.56. The van der Waals surface area contributed by atoms with E-state index in [0.717, 1.165) is 0 Å². The Balaban J connectivity index is 1.16. The number of phenols is 3. The second-order valence-electron chi connectivity index (χ2n) is 18.1. The zero-order valence-electron chi connectivity index (χ0n) is 41.5. The van der Waals surface area contributed by atoms with E-state index in [4.69, 9.17) is 17.3 Å². The number of methoxy groups -OCH3 is 1. The first kappa shape index (κ1) is 52.3. The molecule has 0 heterocycles. The standard InChI is InChI=1S/C55H40N6O13S3/c1-29-24-34(25-30(2)53(29)73-76(67,68)48-14-8-11-40-37(48)18-21-43(60-57)51(40)63)55(5,33-16-23-45(46(28-33)71-6)72-75(65,66)47-13-7-10-39-36(47)17-20-42(59-56)50(39)62)35-26-31(3)54(32(4)27-35)74-77(69,70)49-15-9-12-41-38(49)19-22-44(61-58)52(41)64/h7-28H,1-6H3/p+3. The van der Waals surface area contributed by atoms with Gasteiger partial charge in [-0.05, 0) is 122 Å². The molecule has 386 valence electrons. The lowest BCUT2D eigenvalue weighted by Crippen LogP contribution is -2.27. The van der Waals surface area contributed by atoms with Crippen LogP contribution in [0.3, 0.4) is 0 Å². The number of phenolic OH excluding ortho intramolecular Hbond substituents is 3. The maximum Gasteiger partial charge on any atom is 0.426 e. The van der Waals surface area contributed by atoms with Gasteiger partial charge in [-0.1, -0.05) is 66.7 Å². The van der Waals surface area contributed by atoms with Crippen LogP contribution in [0.1, 0.15) is 45.9 Å². The van der Waals surface area contributed by atoms with Crippen LogP contribution in [-0.4, -0.2) is 47.7 Å². The van der Waals surface area contributed by atoms with Crippen molar-refractivity contribution in [3.05, 3.63) is 187 Å². The van der Waals surface area contributed by atoms with Gasteiger partial charge in [0.2, 0.25) is 33.4 Å². The highest BCUT2D eigenvalue weighted by molar-refractivity contribution is 7.88. The quantitative estimate of drug-likeness (QED) is 0.0549. The summed E-state index contributed by atoms with van der Waals surface area (Å²) >= 11 is 0. The lowest BCUT2D eigenvalue weighted by atomic mass is 9.69. The molecule has 9 aromatic rings. The van der Waals surface area contributed by atoms with Gasteiger partial charge in [0.05, 0.1) is 7.11 Å². The van der Waals surface area contributed by atoms with Crippen LogP contribution in [0.5, 0.6) is 40.2 Å². The Morgan fingerprint density at radius 2 is 0.753 bits per heavy atom. The average Bonchev–Trinajstić information content (AvgIpc) is 3.48. The molecule has 0 aliphatic rings. The number of diazo groups is 3. The fraction of sp³-hybridized carbons (Fsp3) is 0.127. The van der Waals surface area contributed by atoms with E-state index in [0.29, 0.717) is 38.9 Å². The van der Waals surface area contributed by atoms with Crippen molar-refractivity contribution in [1.29, 1.82) is 16.2 Å². The van der Waals surface area contributed by atoms with E-state index in [1.54, 1.807) is 64.1 Å². The van der Waals surface area contributed by atoms with Gasteiger partial charge >= 0.3 is 47.4 Å². The lowest BCUT2D eigenvalue weighted by Gasteiger charge is -2.34. The molecule has 0 bridgehead atoms. The second-order valence-corrected chi connectivity index (χ2v) is 22.7. The molecule has 3 N–H and O–H groups in total. The summed E-state index contributed by atoms with van der Waals surface area (Å²) in [7, 11) is -12.6. The summed E-state index contributed by atoms with van der Waals surface area (Å²) < 4.78 is 108. The predicted octanol–water partition coefficient (Wildman–Crippen LogP) is 12.6. The molecule has 0 atom stereocenters. The van der Waals surface area contributed by atoms with Crippen LogP contribution in [0, 0.1) is 43.9 Å². The summed E-state index contributed by atoms with van der Waals surface area (Å²) in [5.74, 6) is -1.63. The number of fused-ring (bicyclic) bond motifs is 3. The molecule has 9 aromatic carbocycles. The molecule has 19 nitrogen and oxygen atoms in total. The monoisotopic (exact) mass is 1090 g/mol. The summed E-state index contributed by atoms with van der Waals surface area (Å²) in [4.78, 5) is 8.30. The summed E-state index contributed by atoms with van der Waals surface area (Å²) in [5, 5.41) is 60.8. The molecule has 0 saturated heterocycles. The van der Waals surface area contributed by atoms with Crippen molar-refractivity contribution in [3.63, 3.8) is 0 Å². The van der Waals surface area contributed by atoms with Crippen molar-refractivity contribution in [3.8, 4) is 40.2 Å². The highest BCUT2D eigenvalue weighted by Crippen LogP contribution is 2.48. The highest BCUT2D eigenvalue weighted by Gasteiger charge is 2.37. The van der Waals surface area contributed by atoms with Gasteiger partial charge in [0.25, 0.3) is 0 Å². The summed E-state index contributed by atoms with van der Waals surface area (Å²) in [6.07, 6.45) is 0. The van der Waals surface area contributed by atoms with Crippen molar-refractivity contribution in [2.75, 3.05) is 7.11 Å². The second kappa shape index (κ2) is 19.3. The highest BCUT2D eigenvalue weighted by atomic mass is 32.2. The van der Waals surface area contributed by atoms with Gasteiger partial charge in [0, 0.05) is 55.9 Å². The molecule has 77 heavy (non-hydrogen) atoms. The van der Waals surface area contributed by atoms with Gasteiger partial charge in [-0.3, -0.25) is 0 Å². The van der Waals surface area contributed by atoms with Crippen LogP contribution in [0.4, 0.5) is 17.1 Å². The molecule has 0 unspecified atom stereocenters. The lowest BCUT2D eigenvalue weighted by molar-refractivity contribution is 0.389. The average molecular weight is 1090 g/mol. The van der Waals surface area contributed by atoms with Gasteiger partial charge in [0.15, 0.2) is 26.4 Å². The minimum atomic E-state index is -4.66. The molecule has 0 spiro atoms. The van der Waals surface area contributed by atoms with E-state index < -0.39 is 53.0 Å². The van der Waals surface area contributed by atoms with Gasteiger partial charge in [0.1, 0.15) is 26.2 Å². The van der Waals surface area contributed by atoms with Gasteiger partial charge in [-0.15, -0.1) is 0 Å². The van der Waals surface area contributed by atoms with Gasteiger partial charge in [-0.2, -0.15) is 25.3 Å². The Morgan fingerprint density at radius 3 is 1.08 bits per heavy atom. The number of hydrogen-bond acceptors (Lipinski definition) is 16. The molecule has 0 fully saturated rings. The summed E-state index contributed by atoms with van der Waals surface area (Å²) in [6.45, 7) is 8.42. The van der Waals surface area contributed by atoms with Crippen molar-refractivity contribution in [1.82, 2.24) is 0 Å². The Kier molecular flexibility index (Phi) is 13.1. The molecule has 22 heteroatoms. The first-order chi connectivity index (χ1) is 36.5. The van der Waals surface area contributed by atoms with Crippen LogP contribution >= 0.6 is 0 Å². The van der Waals surface area contributed by atoms with E-state index in [-0.39, 0.29) is 87.1 Å². The van der Waals surface area contributed by atoms with E-state index in [1.807, 2.05) is 6.92 Å². The topological polar surface area (TPSA) is 284 Å². The predicted molar refractivity (Wildman–Crippen MR) is 285 cm³/mol. The molecule has 0 aromatic heterocycles. The van der Waals surface area contributed by atoms with Crippen LogP contribution in [0.15, 0.2) is 148 Å². The third-order valence-corrected chi connectivity index (χ3v) is 17.3. The molecular weight excluding hydrogens is 1050 g/mol. The minimum Gasteiger partial charge on any atom is -0.501 e. The van der Waals surface area contributed by atoms with Gasteiger partial charge < -0.3 is 32.6 Å². The van der Waals surface area contributed by atoms with Crippen LogP contribution in [0.2, 0.25) is 0 Å². The van der Waals surface area contributed by atoms with Gasteiger partial charge in [-0.25, -0.2) is 0 Å². The Bertz CT molecular complexity index is 4270. The Hall–Kier alpha value is -9.53. The molecular formula is C55H43N6O13S3+3. The number of aromatic hydroxyl groups is 3. The molecule has 0 radical (unpaired) electrons. The molecule has 0 amide bonds. The molecule has 9 rings (SSSR count). The Labute approximate surface area is 441 Å². The van der Waals surface area contributed by atoms with Crippen molar-refractivity contribution < 1.29 is 57.9 Å². The third kappa shape index (κ3) is 8.97. The SMILES string of the molecule is COc1cc(C(C)(c2cc(C)c(OS(=O)(=O)c3cccc4c(O)c([N+]#N)ccc34)c(C)c2)c2cc(C)c(OS(=O)(=O)c3cccc4c(O)c([N+]#N)ccc34)c(C)c2)ccc1OS(=O)(=O)c1cccc2c(O)c([N+]#N)ccc12. The van der Waals surface area contributed by atoms with Crippen LogP contribution in [-0.2, 0) is 35.8 Å². The Morgan fingerprint density at radius 1 is 0.416 bits per heavy atom. The summed E-state index contributed by atoms with van der Waals surface area (Å²) in [6, 6.07) is 31.7. The van der Waals surface area contributed by atoms with Crippen molar-refractivity contribution >= 4 is 79.7 Å². The maximum absolute atomic E-state index is 14.2. The number of nitrogens with zero attached hydrogens (tertiary/aromatic N) is 6. The normalized spacial score (nSPS) is 11.9.